The second kappa shape index (κ2) is 6.06. The minimum absolute atomic E-state index is 0.134. The molecule has 20 heavy (non-hydrogen) atoms. The number of hydrogen-bond donors (Lipinski definition) is 0. The summed E-state index contributed by atoms with van der Waals surface area (Å²) in [4.78, 5) is 15.3. The third-order valence-corrected chi connectivity index (χ3v) is 4.43. The molecule has 3 rings (SSSR count). The minimum Gasteiger partial charge on any atom is -0.370 e. The lowest BCUT2D eigenvalue weighted by atomic mass is 10.2. The second-order valence-corrected chi connectivity index (χ2v) is 5.94. The smallest absolute Gasteiger partial charge is 0.197 e. The summed E-state index contributed by atoms with van der Waals surface area (Å²) in [5.41, 5.74) is 2.47. The van der Waals surface area contributed by atoms with Crippen LogP contribution in [-0.2, 0) is 6.54 Å². The van der Waals surface area contributed by atoms with Gasteiger partial charge in [-0.2, -0.15) is 0 Å². The molecule has 3 heteroatoms. The van der Waals surface area contributed by atoms with Crippen molar-refractivity contribution < 1.29 is 4.79 Å². The van der Waals surface area contributed by atoms with Crippen LogP contribution in [0.25, 0.3) is 0 Å². The van der Waals surface area contributed by atoms with Crippen LogP contribution in [-0.4, -0.2) is 17.2 Å². The summed E-state index contributed by atoms with van der Waals surface area (Å²) in [6.45, 7) is 1.93. The third kappa shape index (κ3) is 2.99. The summed E-state index contributed by atoms with van der Waals surface area (Å²) in [6.07, 6.45) is 3.96. The van der Waals surface area contributed by atoms with Gasteiger partial charge in [-0.15, -0.1) is 11.3 Å². The molecule has 1 aliphatic heterocycles. The van der Waals surface area contributed by atoms with Crippen molar-refractivity contribution in [2.45, 2.75) is 19.4 Å². The Morgan fingerprint density at radius 1 is 1.20 bits per heavy atom. The number of carbonyl (C=O) groups is 1. The van der Waals surface area contributed by atoms with Crippen molar-refractivity contribution in [2.75, 3.05) is 6.54 Å². The van der Waals surface area contributed by atoms with E-state index < -0.39 is 0 Å². The largest absolute Gasteiger partial charge is 0.370 e. The van der Waals surface area contributed by atoms with E-state index in [9.17, 15) is 4.79 Å². The molecule has 1 saturated heterocycles. The average Bonchev–Trinajstić information content (AvgIpc) is 3.12. The maximum Gasteiger partial charge on any atom is 0.197 e. The Morgan fingerprint density at radius 3 is 2.80 bits per heavy atom. The molecule has 2 nitrogen and oxygen atoms in total. The van der Waals surface area contributed by atoms with Crippen LogP contribution in [0, 0.1) is 0 Å². The highest BCUT2D eigenvalue weighted by Gasteiger charge is 2.18. The lowest BCUT2D eigenvalue weighted by Gasteiger charge is -2.20. The van der Waals surface area contributed by atoms with E-state index in [1.54, 1.807) is 0 Å². The predicted octanol–water partition coefficient (Wildman–Crippen LogP) is 4.11. The number of allylic oxidation sites excluding steroid dienone is 2. The first-order valence-corrected chi connectivity index (χ1v) is 7.78. The van der Waals surface area contributed by atoms with Gasteiger partial charge in [0.1, 0.15) is 0 Å². The normalized spacial score (nSPS) is 16.8. The van der Waals surface area contributed by atoms with Crippen LogP contribution < -0.4 is 0 Å². The van der Waals surface area contributed by atoms with E-state index in [1.165, 1.54) is 22.6 Å². The van der Waals surface area contributed by atoms with Gasteiger partial charge < -0.3 is 4.90 Å². The Balaban J connectivity index is 1.74. The van der Waals surface area contributed by atoms with Crippen molar-refractivity contribution in [3.05, 3.63) is 70.1 Å². The topological polar surface area (TPSA) is 20.3 Å². The van der Waals surface area contributed by atoms with Crippen LogP contribution in [0.2, 0.25) is 0 Å². The molecule has 1 aromatic carbocycles. The molecule has 0 atom stereocenters. The molecule has 0 saturated carbocycles. The highest BCUT2D eigenvalue weighted by atomic mass is 32.1. The highest BCUT2D eigenvalue weighted by molar-refractivity contribution is 7.12. The van der Waals surface area contributed by atoms with Crippen molar-refractivity contribution in [1.82, 2.24) is 4.90 Å². The number of likely N-dealkylation sites (tertiary alicyclic amines) is 1. The van der Waals surface area contributed by atoms with Gasteiger partial charge in [0.15, 0.2) is 5.78 Å². The molecule has 102 valence electrons. The standard InChI is InChI=1S/C17H17NOS/c19-16(17-9-5-11-20-17)12-15-8-4-10-18(15)13-14-6-2-1-3-7-14/h1-3,5-7,9,11-12H,4,8,10,13H2/b15-12-. The van der Waals surface area contributed by atoms with Gasteiger partial charge in [0.2, 0.25) is 0 Å². The fraction of sp³-hybridized carbons (Fsp3) is 0.235. The van der Waals surface area contributed by atoms with Crippen LogP contribution in [0.3, 0.4) is 0 Å². The fourth-order valence-corrected chi connectivity index (χ4v) is 3.18. The zero-order valence-electron chi connectivity index (χ0n) is 11.3. The molecule has 0 radical (unpaired) electrons. The zero-order valence-corrected chi connectivity index (χ0v) is 12.1. The van der Waals surface area contributed by atoms with Crippen LogP contribution in [0.1, 0.15) is 28.1 Å². The van der Waals surface area contributed by atoms with Crippen molar-refractivity contribution in [1.29, 1.82) is 0 Å². The first-order chi connectivity index (χ1) is 9.83. The number of thiophene rings is 1. The van der Waals surface area contributed by atoms with Gasteiger partial charge in [-0.25, -0.2) is 0 Å². The molecule has 1 aliphatic rings. The summed E-state index contributed by atoms with van der Waals surface area (Å²) in [7, 11) is 0. The molecule has 0 bridgehead atoms. The molecule has 1 fully saturated rings. The van der Waals surface area contributed by atoms with Gasteiger partial charge in [-0.05, 0) is 29.9 Å². The van der Waals surface area contributed by atoms with Crippen molar-refractivity contribution in [2.24, 2.45) is 0 Å². The maximum atomic E-state index is 12.2. The van der Waals surface area contributed by atoms with E-state index >= 15 is 0 Å². The zero-order chi connectivity index (χ0) is 13.8. The number of rotatable bonds is 4. The van der Waals surface area contributed by atoms with Gasteiger partial charge in [-0.3, -0.25) is 4.79 Å². The molecular weight excluding hydrogens is 266 g/mol. The number of ketones is 1. The maximum absolute atomic E-state index is 12.2. The van der Waals surface area contributed by atoms with Gasteiger partial charge in [0, 0.05) is 24.9 Å². The van der Waals surface area contributed by atoms with E-state index in [2.05, 4.69) is 29.2 Å². The van der Waals surface area contributed by atoms with Crippen LogP contribution >= 0.6 is 11.3 Å². The molecule has 2 aromatic rings. The Kier molecular flexibility index (Phi) is 3.97. The van der Waals surface area contributed by atoms with Crippen molar-refractivity contribution in [3.8, 4) is 0 Å². The highest BCUT2D eigenvalue weighted by Crippen LogP contribution is 2.24. The summed E-state index contributed by atoms with van der Waals surface area (Å²) in [5, 5.41) is 1.95. The molecule has 0 amide bonds. The summed E-state index contributed by atoms with van der Waals surface area (Å²) >= 11 is 1.51. The first-order valence-electron chi connectivity index (χ1n) is 6.90. The molecular formula is C17H17NOS. The van der Waals surface area contributed by atoms with E-state index in [0.717, 1.165) is 30.8 Å². The number of hydrogen-bond acceptors (Lipinski definition) is 3. The molecule has 0 unspecified atom stereocenters. The van der Waals surface area contributed by atoms with E-state index in [0.29, 0.717) is 0 Å². The molecule has 0 spiro atoms. The summed E-state index contributed by atoms with van der Waals surface area (Å²) in [6, 6.07) is 14.2. The van der Waals surface area contributed by atoms with Gasteiger partial charge in [0.25, 0.3) is 0 Å². The summed E-state index contributed by atoms with van der Waals surface area (Å²) in [5.74, 6) is 0.134. The van der Waals surface area contributed by atoms with Crippen LogP contribution in [0.15, 0.2) is 59.6 Å². The Hall–Kier alpha value is -1.87. The van der Waals surface area contributed by atoms with Gasteiger partial charge in [0.05, 0.1) is 4.88 Å². The van der Waals surface area contributed by atoms with E-state index in [-0.39, 0.29) is 5.78 Å². The lowest BCUT2D eigenvalue weighted by molar-refractivity contribution is 0.104. The lowest BCUT2D eigenvalue weighted by Crippen LogP contribution is -2.17. The predicted molar refractivity (Wildman–Crippen MR) is 82.8 cm³/mol. The Bertz CT molecular complexity index is 601. The summed E-state index contributed by atoms with van der Waals surface area (Å²) < 4.78 is 0. The van der Waals surface area contributed by atoms with Crippen LogP contribution in [0.5, 0.6) is 0 Å². The average molecular weight is 283 g/mol. The molecule has 2 heterocycles. The van der Waals surface area contributed by atoms with Gasteiger partial charge in [-0.1, -0.05) is 36.4 Å². The SMILES string of the molecule is O=C(/C=C1/CCCN1Cc1ccccc1)c1cccs1. The van der Waals surface area contributed by atoms with Crippen molar-refractivity contribution in [3.63, 3.8) is 0 Å². The molecule has 0 N–H and O–H groups in total. The fourth-order valence-electron chi connectivity index (χ4n) is 2.54. The third-order valence-electron chi connectivity index (χ3n) is 3.55. The van der Waals surface area contributed by atoms with Crippen LogP contribution in [0.4, 0.5) is 0 Å². The van der Waals surface area contributed by atoms with Gasteiger partial charge >= 0.3 is 0 Å². The van der Waals surface area contributed by atoms with E-state index in [4.69, 9.17) is 0 Å². The molecule has 1 aromatic heterocycles. The number of benzene rings is 1. The monoisotopic (exact) mass is 283 g/mol. The van der Waals surface area contributed by atoms with E-state index in [1.807, 2.05) is 29.7 Å². The minimum atomic E-state index is 0.134. The Morgan fingerprint density at radius 2 is 2.05 bits per heavy atom. The molecule has 0 aliphatic carbocycles. The Labute approximate surface area is 123 Å². The second-order valence-electron chi connectivity index (χ2n) is 4.99. The number of nitrogens with zero attached hydrogens (tertiary/aromatic N) is 1. The van der Waals surface area contributed by atoms with Crippen molar-refractivity contribution >= 4 is 17.1 Å². The first kappa shape index (κ1) is 13.1. The number of carbonyl (C=O) groups excluding carboxylic acids is 1. The quantitative estimate of drug-likeness (QED) is 0.621.